The van der Waals surface area contributed by atoms with Crippen LogP contribution in [0, 0.1) is 13.8 Å². The highest BCUT2D eigenvalue weighted by molar-refractivity contribution is 6.07. The van der Waals surface area contributed by atoms with Crippen molar-refractivity contribution in [2.24, 2.45) is 0 Å². The summed E-state index contributed by atoms with van der Waals surface area (Å²) in [5.74, 6) is -0.816. The SMILES string of the molecule is Cc1ccc2c(C)c(CCC(=O)NNC(=O)c3c[nH]c4ccccc34)c(=O)oc2c1. The van der Waals surface area contributed by atoms with Crippen molar-refractivity contribution in [2.45, 2.75) is 26.7 Å². The number of nitrogens with one attached hydrogen (secondary N) is 3. The molecule has 2 heterocycles. The molecule has 2 amide bonds. The van der Waals surface area contributed by atoms with Crippen LogP contribution < -0.4 is 16.5 Å². The molecule has 0 aliphatic carbocycles. The monoisotopic (exact) mass is 403 g/mol. The van der Waals surface area contributed by atoms with E-state index in [1.807, 2.05) is 56.3 Å². The third-order valence-corrected chi connectivity index (χ3v) is 5.19. The van der Waals surface area contributed by atoms with Crippen LogP contribution in [0.1, 0.15) is 33.5 Å². The molecule has 4 rings (SSSR count). The van der Waals surface area contributed by atoms with E-state index in [0.717, 1.165) is 27.4 Å². The van der Waals surface area contributed by atoms with Crippen molar-refractivity contribution in [1.82, 2.24) is 15.8 Å². The number of hydrazine groups is 1. The lowest BCUT2D eigenvalue weighted by Crippen LogP contribution is -2.41. The zero-order valence-corrected chi connectivity index (χ0v) is 16.7. The Morgan fingerprint density at radius 1 is 1.03 bits per heavy atom. The number of carbonyl (C=O) groups excluding carboxylic acids is 2. The molecule has 30 heavy (non-hydrogen) atoms. The van der Waals surface area contributed by atoms with Crippen LogP contribution >= 0.6 is 0 Å². The molecule has 0 saturated heterocycles. The molecule has 0 aliphatic rings. The maximum absolute atomic E-state index is 12.4. The van der Waals surface area contributed by atoms with Gasteiger partial charge in [0, 0.05) is 34.5 Å². The van der Waals surface area contributed by atoms with Gasteiger partial charge in [-0.1, -0.05) is 30.3 Å². The highest BCUT2D eigenvalue weighted by Crippen LogP contribution is 2.21. The van der Waals surface area contributed by atoms with Crippen molar-refractivity contribution in [3.8, 4) is 0 Å². The first-order valence-electron chi connectivity index (χ1n) is 9.62. The third-order valence-electron chi connectivity index (χ3n) is 5.19. The molecule has 152 valence electrons. The van der Waals surface area contributed by atoms with Crippen LogP contribution in [0.2, 0.25) is 0 Å². The van der Waals surface area contributed by atoms with Crippen molar-refractivity contribution in [3.63, 3.8) is 0 Å². The number of benzene rings is 2. The number of rotatable bonds is 4. The number of aromatic amines is 1. The molecule has 0 spiro atoms. The molecule has 0 fully saturated rings. The Bertz CT molecular complexity index is 1330. The zero-order chi connectivity index (χ0) is 21.3. The minimum Gasteiger partial charge on any atom is -0.423 e. The second-order valence-corrected chi connectivity index (χ2v) is 7.24. The molecule has 0 aliphatic heterocycles. The average Bonchev–Trinajstić information content (AvgIpc) is 3.16. The summed E-state index contributed by atoms with van der Waals surface area (Å²) in [6.07, 6.45) is 1.85. The minimum atomic E-state index is -0.443. The fraction of sp³-hybridized carbons (Fsp3) is 0.174. The van der Waals surface area contributed by atoms with Gasteiger partial charge in [0.05, 0.1) is 5.56 Å². The number of aromatic nitrogens is 1. The van der Waals surface area contributed by atoms with E-state index in [1.165, 1.54) is 0 Å². The highest BCUT2D eigenvalue weighted by atomic mass is 16.4. The first-order valence-corrected chi connectivity index (χ1v) is 9.62. The van der Waals surface area contributed by atoms with E-state index in [1.54, 1.807) is 6.20 Å². The van der Waals surface area contributed by atoms with Crippen LogP contribution in [0.5, 0.6) is 0 Å². The van der Waals surface area contributed by atoms with Gasteiger partial charge in [-0.25, -0.2) is 4.79 Å². The molecule has 0 atom stereocenters. The van der Waals surface area contributed by atoms with Gasteiger partial charge in [0.1, 0.15) is 5.58 Å². The number of aryl methyl sites for hydroxylation is 2. The number of fused-ring (bicyclic) bond motifs is 2. The second kappa shape index (κ2) is 7.87. The highest BCUT2D eigenvalue weighted by Gasteiger charge is 2.15. The predicted octanol–water partition coefficient (Wildman–Crippen LogP) is 3.28. The molecular formula is C23H21N3O4. The second-order valence-electron chi connectivity index (χ2n) is 7.24. The average molecular weight is 403 g/mol. The fourth-order valence-electron chi connectivity index (χ4n) is 3.54. The van der Waals surface area contributed by atoms with Crippen molar-refractivity contribution < 1.29 is 14.0 Å². The first kappa shape index (κ1) is 19.4. The minimum absolute atomic E-state index is 0.0388. The predicted molar refractivity (Wildman–Crippen MR) is 114 cm³/mol. The fourth-order valence-corrected chi connectivity index (χ4v) is 3.54. The standard InChI is InChI=1S/C23H21N3O4/c1-13-7-8-15-14(2)16(23(29)30-20(15)11-13)9-10-21(27)25-26-22(28)18-12-24-19-6-4-3-5-17(18)19/h3-8,11-12,24H,9-10H2,1-2H3,(H,25,27)(H,26,28). The Hall–Kier alpha value is -3.87. The number of hydrogen-bond donors (Lipinski definition) is 3. The lowest BCUT2D eigenvalue weighted by molar-refractivity contribution is -0.121. The van der Waals surface area contributed by atoms with Crippen LogP contribution in [-0.4, -0.2) is 16.8 Å². The van der Waals surface area contributed by atoms with Crippen LogP contribution in [0.4, 0.5) is 0 Å². The quantitative estimate of drug-likeness (QED) is 0.359. The van der Waals surface area contributed by atoms with E-state index in [9.17, 15) is 14.4 Å². The number of carbonyl (C=O) groups is 2. The van der Waals surface area contributed by atoms with Crippen molar-refractivity contribution in [3.05, 3.63) is 81.3 Å². The van der Waals surface area contributed by atoms with E-state index < -0.39 is 17.4 Å². The van der Waals surface area contributed by atoms with Crippen molar-refractivity contribution in [1.29, 1.82) is 0 Å². The molecule has 0 unspecified atom stereocenters. The van der Waals surface area contributed by atoms with Gasteiger partial charge >= 0.3 is 5.63 Å². The summed E-state index contributed by atoms with van der Waals surface area (Å²) in [7, 11) is 0. The molecule has 0 bridgehead atoms. The lowest BCUT2D eigenvalue weighted by atomic mass is 10.0. The van der Waals surface area contributed by atoms with Crippen LogP contribution in [0.25, 0.3) is 21.9 Å². The topological polar surface area (TPSA) is 104 Å². The third kappa shape index (κ3) is 3.69. The van der Waals surface area contributed by atoms with Crippen molar-refractivity contribution in [2.75, 3.05) is 0 Å². The molecule has 7 heteroatoms. The summed E-state index contributed by atoms with van der Waals surface area (Å²) in [4.78, 5) is 40.0. The molecule has 3 N–H and O–H groups in total. The van der Waals surface area contributed by atoms with Gasteiger partial charge < -0.3 is 9.40 Å². The Morgan fingerprint density at radius 2 is 1.83 bits per heavy atom. The Labute approximate surface area is 172 Å². The summed E-state index contributed by atoms with van der Waals surface area (Å²) in [5, 5.41) is 1.62. The lowest BCUT2D eigenvalue weighted by Gasteiger charge is -2.09. The summed E-state index contributed by atoms with van der Waals surface area (Å²) in [6.45, 7) is 3.78. The molecule has 0 saturated carbocycles. The molecule has 4 aromatic rings. The van der Waals surface area contributed by atoms with Gasteiger partial charge in [-0.05, 0) is 43.5 Å². The van der Waals surface area contributed by atoms with Crippen molar-refractivity contribution >= 4 is 33.7 Å². The molecule has 2 aromatic carbocycles. The normalized spacial score (nSPS) is 11.0. The van der Waals surface area contributed by atoms with Gasteiger partial charge in [-0.15, -0.1) is 0 Å². The maximum atomic E-state index is 12.4. The molecule has 2 aromatic heterocycles. The van der Waals surface area contributed by atoms with Gasteiger partial charge in [0.2, 0.25) is 5.91 Å². The van der Waals surface area contributed by atoms with E-state index in [0.29, 0.717) is 16.7 Å². The summed E-state index contributed by atoms with van der Waals surface area (Å²) < 4.78 is 5.41. The zero-order valence-electron chi connectivity index (χ0n) is 16.7. The van der Waals surface area contributed by atoms with E-state index in [-0.39, 0.29) is 12.8 Å². The number of hydrogen-bond acceptors (Lipinski definition) is 4. The molecule has 7 nitrogen and oxygen atoms in total. The first-order chi connectivity index (χ1) is 14.4. The van der Waals surface area contributed by atoms with Gasteiger partial charge in [0.15, 0.2) is 0 Å². The van der Waals surface area contributed by atoms with Crippen LogP contribution in [-0.2, 0) is 11.2 Å². The number of amides is 2. The summed E-state index contributed by atoms with van der Waals surface area (Å²) in [5.41, 5.74) is 8.46. The Balaban J connectivity index is 1.41. The van der Waals surface area contributed by atoms with Crippen LogP contribution in [0.3, 0.4) is 0 Å². The Morgan fingerprint density at radius 3 is 2.67 bits per heavy atom. The number of para-hydroxylation sites is 1. The molecular weight excluding hydrogens is 382 g/mol. The number of H-pyrrole nitrogens is 1. The van der Waals surface area contributed by atoms with Gasteiger partial charge in [-0.2, -0.15) is 0 Å². The van der Waals surface area contributed by atoms with Gasteiger partial charge in [0.25, 0.3) is 5.91 Å². The van der Waals surface area contributed by atoms with E-state index in [2.05, 4.69) is 15.8 Å². The van der Waals surface area contributed by atoms with E-state index >= 15 is 0 Å². The van der Waals surface area contributed by atoms with Crippen LogP contribution in [0.15, 0.2) is 57.9 Å². The Kier molecular flexibility index (Phi) is 5.10. The smallest absolute Gasteiger partial charge is 0.339 e. The summed E-state index contributed by atoms with van der Waals surface area (Å²) in [6, 6.07) is 13.1. The van der Waals surface area contributed by atoms with E-state index in [4.69, 9.17) is 4.42 Å². The van der Waals surface area contributed by atoms with Gasteiger partial charge in [-0.3, -0.25) is 20.4 Å². The summed E-state index contributed by atoms with van der Waals surface area (Å²) >= 11 is 0. The maximum Gasteiger partial charge on any atom is 0.339 e. The largest absolute Gasteiger partial charge is 0.423 e. The molecule has 0 radical (unpaired) electrons.